The molecule has 0 aromatic carbocycles. The number of nitrogens with zero attached hydrogens (tertiary/aromatic N) is 1. The first-order chi connectivity index (χ1) is 38.7. The van der Waals surface area contributed by atoms with Gasteiger partial charge in [-0.1, -0.05) is 129 Å². The Bertz CT molecular complexity index is 1980. The molecule has 0 spiro atoms. The number of fused-ring (bicyclic) bond motifs is 2. The molecule has 18 heteroatoms. The number of cyclic esters (lactones) is 1. The fraction of sp³-hybridized carbons (Fsp3) is 0.797. The summed E-state index contributed by atoms with van der Waals surface area (Å²) in [7, 11) is 1.64. The maximum absolute atomic E-state index is 13.7. The van der Waals surface area contributed by atoms with Gasteiger partial charge in [0.25, 0.3) is 0 Å². The van der Waals surface area contributed by atoms with Gasteiger partial charge in [-0.25, -0.2) is 4.79 Å². The molecule has 1 saturated heterocycles. The fourth-order valence-electron chi connectivity index (χ4n) is 10.7. The number of nitrogens with two attached hydrogens (primary N) is 1. The molecule has 0 aromatic rings. The van der Waals surface area contributed by atoms with E-state index in [2.05, 4.69) is 43.2 Å². The standard InChI is InChI=1S/C64H113N3O15/c1-41(2)24-18-14-13-16-20-30-59(76)80-51-35-49(68)34-50(69)36-54(71)42(3)26-22-28-46(7)60(45(6)25-19-15-11-12-17-21-33-67-63(65)66-10)81-62(78)47(8)29-23-27-43(4)55(72)39-56(73)48(9)53(70)32-31-44(5)58(75)40-64(79)61(77)57(74)38-52(37-51)82-64/h11-12,22-23,26-29,41,43-46,48-58,60-61,68-75,77,79H,13-21,24-25,30-40H2,1-10H3,(H3,65,66,67)/t43?,44-,45-,46?,48?,49+,50+,51-,52-,53?,54-,55?,56?,57+,58-,60-,61-,64+/m0/s1. The number of aliphatic hydroxyl groups is 10. The molecule has 2 bridgehead atoms. The molecule has 0 amide bonds. The third-order valence-corrected chi connectivity index (χ3v) is 16.6. The fourth-order valence-corrected chi connectivity index (χ4v) is 10.7. The van der Waals surface area contributed by atoms with Crippen molar-refractivity contribution in [2.24, 2.45) is 46.2 Å². The molecule has 18 atom stereocenters. The third kappa shape index (κ3) is 29.5. The lowest BCUT2D eigenvalue weighted by atomic mass is 9.84. The molecule has 18 nitrogen and oxygen atoms in total. The molecule has 1 fully saturated rings. The smallest absolute Gasteiger partial charge is 0.334 e. The number of aliphatic imine (C=N–C) groups is 1. The van der Waals surface area contributed by atoms with E-state index < -0.39 is 115 Å². The molecule has 0 aliphatic carbocycles. The first-order valence-electron chi connectivity index (χ1n) is 30.9. The summed E-state index contributed by atoms with van der Waals surface area (Å²) in [5.74, 6) is -4.37. The van der Waals surface area contributed by atoms with Gasteiger partial charge in [-0.05, 0) is 95.0 Å². The van der Waals surface area contributed by atoms with Crippen LogP contribution >= 0.6 is 0 Å². The topological polar surface area (TPSA) is 315 Å². The zero-order chi connectivity index (χ0) is 61.5. The predicted molar refractivity (Wildman–Crippen MR) is 322 cm³/mol. The van der Waals surface area contributed by atoms with Crippen molar-refractivity contribution in [1.82, 2.24) is 5.32 Å². The van der Waals surface area contributed by atoms with Gasteiger partial charge in [-0.2, -0.15) is 0 Å². The van der Waals surface area contributed by atoms with Gasteiger partial charge in [-0.3, -0.25) is 9.79 Å². The normalized spacial score (nSPS) is 34.2. The summed E-state index contributed by atoms with van der Waals surface area (Å²) in [4.78, 5) is 30.9. The summed E-state index contributed by atoms with van der Waals surface area (Å²) in [5, 5.41) is 116. The van der Waals surface area contributed by atoms with Gasteiger partial charge in [0.15, 0.2) is 11.7 Å². The summed E-state index contributed by atoms with van der Waals surface area (Å²) >= 11 is 0. The Balaban J connectivity index is 2.43. The molecule has 13 N–H and O–H groups in total. The number of hydrogen-bond donors (Lipinski definition) is 12. The number of allylic oxidation sites excluding steroid dienone is 6. The van der Waals surface area contributed by atoms with E-state index >= 15 is 0 Å². The van der Waals surface area contributed by atoms with E-state index in [9.17, 15) is 60.7 Å². The number of ether oxygens (including phenoxy) is 3. The molecule has 82 heavy (non-hydrogen) atoms. The number of rotatable bonds is 18. The van der Waals surface area contributed by atoms with Gasteiger partial charge in [0.05, 0.1) is 54.9 Å². The number of carbonyl (C=O) groups excluding carboxylic acids is 2. The van der Waals surface area contributed by atoms with E-state index in [1.54, 1.807) is 72.0 Å². The lowest BCUT2D eigenvalue weighted by Gasteiger charge is -2.45. The largest absolute Gasteiger partial charge is 0.462 e. The van der Waals surface area contributed by atoms with E-state index in [-0.39, 0.29) is 69.6 Å². The van der Waals surface area contributed by atoms with Gasteiger partial charge in [0.2, 0.25) is 0 Å². The molecule has 2 aliphatic rings. The lowest BCUT2D eigenvalue weighted by molar-refractivity contribution is -0.333. The van der Waals surface area contributed by atoms with Crippen LogP contribution in [0.25, 0.3) is 0 Å². The van der Waals surface area contributed by atoms with Crippen molar-refractivity contribution >= 4 is 17.9 Å². The highest BCUT2D eigenvalue weighted by atomic mass is 16.7. The van der Waals surface area contributed by atoms with Crippen molar-refractivity contribution in [1.29, 1.82) is 0 Å². The molecular formula is C64H113N3O15. The Morgan fingerprint density at radius 2 is 1.38 bits per heavy atom. The van der Waals surface area contributed by atoms with Crippen LogP contribution < -0.4 is 11.1 Å². The molecule has 474 valence electrons. The van der Waals surface area contributed by atoms with E-state index in [0.29, 0.717) is 29.4 Å². The van der Waals surface area contributed by atoms with Crippen LogP contribution in [0.2, 0.25) is 0 Å². The number of aliphatic hydroxyl groups excluding tert-OH is 9. The highest BCUT2D eigenvalue weighted by Gasteiger charge is 2.50. The van der Waals surface area contributed by atoms with Gasteiger partial charge in [0, 0.05) is 81.9 Å². The van der Waals surface area contributed by atoms with Crippen molar-refractivity contribution in [3.8, 4) is 0 Å². The van der Waals surface area contributed by atoms with Crippen LogP contribution in [-0.4, -0.2) is 162 Å². The highest BCUT2D eigenvalue weighted by Crippen LogP contribution is 2.36. The maximum Gasteiger partial charge on any atom is 0.334 e. The van der Waals surface area contributed by atoms with Crippen molar-refractivity contribution in [3.05, 3.63) is 59.8 Å². The minimum Gasteiger partial charge on any atom is -0.462 e. The summed E-state index contributed by atoms with van der Waals surface area (Å²) < 4.78 is 18.2. The molecule has 2 rings (SSSR count). The zero-order valence-corrected chi connectivity index (χ0v) is 51.6. The van der Waals surface area contributed by atoms with Crippen LogP contribution in [0.15, 0.2) is 64.7 Å². The Labute approximate surface area is 492 Å². The average Bonchev–Trinajstić information content (AvgIpc) is 3.42. The van der Waals surface area contributed by atoms with E-state index in [4.69, 9.17) is 19.9 Å². The maximum atomic E-state index is 13.7. The minimum absolute atomic E-state index is 0.0392. The molecule has 0 radical (unpaired) electrons. The van der Waals surface area contributed by atoms with Crippen molar-refractivity contribution < 1.29 is 74.9 Å². The van der Waals surface area contributed by atoms with Crippen LogP contribution in [0.5, 0.6) is 0 Å². The summed E-state index contributed by atoms with van der Waals surface area (Å²) in [6.45, 7) is 17.6. The van der Waals surface area contributed by atoms with Gasteiger partial charge in [0.1, 0.15) is 18.3 Å². The van der Waals surface area contributed by atoms with Gasteiger partial charge < -0.3 is 76.3 Å². The minimum atomic E-state index is -2.43. The van der Waals surface area contributed by atoms with E-state index in [0.717, 1.165) is 70.8 Å². The molecule has 0 aromatic heterocycles. The van der Waals surface area contributed by atoms with Crippen LogP contribution in [0.3, 0.4) is 0 Å². The molecule has 6 unspecified atom stereocenters. The van der Waals surface area contributed by atoms with E-state index in [1.807, 2.05) is 13.0 Å². The Kier molecular flexibility index (Phi) is 36.3. The second kappa shape index (κ2) is 40.0. The number of carbonyl (C=O) groups is 2. The van der Waals surface area contributed by atoms with Crippen LogP contribution in [0, 0.1) is 35.5 Å². The number of unbranched alkanes of at least 4 members (excludes halogenated alkanes) is 6. The molecule has 0 saturated carbocycles. The Morgan fingerprint density at radius 1 is 0.744 bits per heavy atom. The predicted octanol–water partition coefficient (Wildman–Crippen LogP) is 7.28. The average molecular weight is 1160 g/mol. The first-order valence-corrected chi connectivity index (χ1v) is 30.9. The molecular weight excluding hydrogens is 1050 g/mol. The van der Waals surface area contributed by atoms with E-state index in [1.165, 1.54) is 0 Å². The third-order valence-electron chi connectivity index (χ3n) is 16.6. The monoisotopic (exact) mass is 1160 g/mol. The summed E-state index contributed by atoms with van der Waals surface area (Å²) in [6, 6.07) is 0. The quantitative estimate of drug-likeness (QED) is 0.0211. The summed E-state index contributed by atoms with van der Waals surface area (Å²) in [5.41, 5.74) is 6.60. The second-order valence-corrected chi connectivity index (χ2v) is 24.7. The van der Waals surface area contributed by atoms with Crippen LogP contribution in [-0.2, 0) is 23.8 Å². The summed E-state index contributed by atoms with van der Waals surface area (Å²) in [6.07, 6.45) is 10.3. The zero-order valence-electron chi connectivity index (χ0n) is 51.6. The first kappa shape index (κ1) is 74.6. The number of guanidine groups is 1. The number of nitrogens with one attached hydrogen (secondary N) is 1. The van der Waals surface area contributed by atoms with Crippen molar-refractivity contribution in [2.45, 2.75) is 276 Å². The molecule has 2 aliphatic heterocycles. The van der Waals surface area contributed by atoms with Crippen LogP contribution in [0.1, 0.15) is 197 Å². The highest BCUT2D eigenvalue weighted by molar-refractivity contribution is 5.88. The lowest BCUT2D eigenvalue weighted by Crippen LogP contribution is -2.60. The second-order valence-electron chi connectivity index (χ2n) is 24.7. The SMILES string of the molecule is CN=C(N)NCCCC=CCCC[C@H](C)[C@@H]1OC(=O)C(C)=CC=CC(C)C(O)CC(O)C(C)C(O)CC[C@H](C)[C@@H](O)C[C@@]2(O)O[C@@H](C[C@@H](OC(=O)CCCCCCCC(C)C)C[C@H](O)C[C@@H](O)C[C@H](O)C(C)=CC=CC1C)C[C@@H](O)[C@@H]2O. The molecule has 2 heterocycles. The Morgan fingerprint density at radius 3 is 2.06 bits per heavy atom. The number of hydrogen-bond acceptors (Lipinski definition) is 16. The van der Waals surface area contributed by atoms with Crippen molar-refractivity contribution in [3.63, 3.8) is 0 Å². The van der Waals surface area contributed by atoms with Gasteiger partial charge in [-0.15, -0.1) is 0 Å². The van der Waals surface area contributed by atoms with Crippen LogP contribution in [0.4, 0.5) is 0 Å². The van der Waals surface area contributed by atoms with Crippen molar-refractivity contribution in [2.75, 3.05) is 13.6 Å². The Hall–Kier alpha value is -3.53. The number of esters is 2. The van der Waals surface area contributed by atoms with Gasteiger partial charge >= 0.3 is 11.9 Å².